The highest BCUT2D eigenvalue weighted by Crippen LogP contribution is 2.15. The number of nitrogens with zero attached hydrogens (tertiary/aromatic N) is 2. The van der Waals surface area contributed by atoms with Crippen LogP contribution in [0.3, 0.4) is 0 Å². The lowest BCUT2D eigenvalue weighted by atomic mass is 10.1. The number of ether oxygens (including phenoxy) is 2. The summed E-state index contributed by atoms with van der Waals surface area (Å²) >= 11 is 0. The predicted molar refractivity (Wildman–Crippen MR) is 72.1 cm³/mol. The Labute approximate surface area is 109 Å². The van der Waals surface area contributed by atoms with Crippen LogP contribution < -0.4 is 10.1 Å². The molecule has 0 saturated carbocycles. The third-order valence-corrected chi connectivity index (χ3v) is 2.24. The first-order chi connectivity index (χ1) is 8.65. The Morgan fingerprint density at radius 2 is 2.06 bits per heavy atom. The molecule has 0 saturated heterocycles. The van der Waals surface area contributed by atoms with Gasteiger partial charge in [-0.3, -0.25) is 0 Å². The number of rotatable bonds is 8. The maximum atomic E-state index is 5.54. The molecule has 0 amide bonds. The smallest absolute Gasteiger partial charge is 0.218 e. The first kappa shape index (κ1) is 14.7. The van der Waals surface area contributed by atoms with Crippen LogP contribution in [-0.4, -0.2) is 36.8 Å². The fourth-order valence-corrected chi connectivity index (χ4v) is 1.50. The molecule has 1 aromatic rings. The fourth-order valence-electron chi connectivity index (χ4n) is 1.50. The number of nitrogens with one attached hydrogen (secondary N) is 1. The zero-order valence-corrected chi connectivity index (χ0v) is 11.7. The molecular formula is C13H23N3O2. The van der Waals surface area contributed by atoms with E-state index in [-0.39, 0.29) is 0 Å². The largest absolute Gasteiger partial charge is 0.475 e. The molecule has 0 spiro atoms. The molecule has 0 aliphatic rings. The summed E-state index contributed by atoms with van der Waals surface area (Å²) in [5, 5.41) is 3.19. The lowest BCUT2D eigenvalue weighted by Gasteiger charge is -2.11. The van der Waals surface area contributed by atoms with E-state index in [0.29, 0.717) is 25.0 Å². The molecule has 1 rings (SSSR count). The normalized spacial score (nSPS) is 10.7. The van der Waals surface area contributed by atoms with Crippen molar-refractivity contribution < 1.29 is 9.47 Å². The van der Waals surface area contributed by atoms with Gasteiger partial charge in [-0.25, -0.2) is 4.98 Å². The number of aromatic nitrogens is 2. The van der Waals surface area contributed by atoms with Crippen molar-refractivity contribution in [3.05, 3.63) is 11.9 Å². The number of methoxy groups -OCH3 is 1. The summed E-state index contributed by atoms with van der Waals surface area (Å²) in [6.45, 7) is 8.22. The van der Waals surface area contributed by atoms with Gasteiger partial charge in [0, 0.05) is 26.1 Å². The van der Waals surface area contributed by atoms with Crippen molar-refractivity contribution in [1.29, 1.82) is 0 Å². The van der Waals surface area contributed by atoms with Crippen LogP contribution in [-0.2, 0) is 11.2 Å². The maximum absolute atomic E-state index is 5.54. The average Bonchev–Trinajstić information content (AvgIpc) is 2.28. The summed E-state index contributed by atoms with van der Waals surface area (Å²) in [4.78, 5) is 8.86. The van der Waals surface area contributed by atoms with Gasteiger partial charge in [-0.15, -0.1) is 0 Å². The molecule has 0 atom stereocenters. The molecular weight excluding hydrogens is 230 g/mol. The summed E-state index contributed by atoms with van der Waals surface area (Å²) in [7, 11) is 1.65. The standard InChI is InChI=1S/C13H23N3O2/c1-5-14-11-9-13(18-7-6-17-4)16-12(15-11)8-10(2)3/h9-10H,5-8H2,1-4H3,(H,14,15,16). The van der Waals surface area contributed by atoms with Gasteiger partial charge < -0.3 is 14.8 Å². The van der Waals surface area contributed by atoms with Gasteiger partial charge in [0.05, 0.1) is 6.61 Å². The summed E-state index contributed by atoms with van der Waals surface area (Å²) in [5.41, 5.74) is 0. The fraction of sp³-hybridized carbons (Fsp3) is 0.692. The summed E-state index contributed by atoms with van der Waals surface area (Å²) in [6, 6.07) is 1.82. The van der Waals surface area contributed by atoms with Crippen LogP contribution >= 0.6 is 0 Å². The molecule has 0 aromatic carbocycles. The Morgan fingerprint density at radius 1 is 1.28 bits per heavy atom. The molecule has 5 nitrogen and oxygen atoms in total. The SMILES string of the molecule is CCNc1cc(OCCOC)nc(CC(C)C)n1. The van der Waals surface area contributed by atoms with Crippen LogP contribution in [0.15, 0.2) is 6.07 Å². The molecule has 1 aromatic heterocycles. The highest BCUT2D eigenvalue weighted by atomic mass is 16.5. The van der Waals surface area contributed by atoms with Crippen molar-refractivity contribution in [2.45, 2.75) is 27.2 Å². The van der Waals surface area contributed by atoms with Crippen LogP contribution in [0.2, 0.25) is 0 Å². The van der Waals surface area contributed by atoms with Crippen molar-refractivity contribution in [3.8, 4) is 5.88 Å². The summed E-state index contributed by atoms with van der Waals surface area (Å²) in [5.74, 6) is 2.76. The highest BCUT2D eigenvalue weighted by Gasteiger charge is 2.07. The van der Waals surface area contributed by atoms with Gasteiger partial charge in [-0.05, 0) is 12.8 Å². The number of hydrogen-bond acceptors (Lipinski definition) is 5. The monoisotopic (exact) mass is 253 g/mol. The van der Waals surface area contributed by atoms with Crippen molar-refractivity contribution in [1.82, 2.24) is 9.97 Å². The van der Waals surface area contributed by atoms with Gasteiger partial charge in [-0.2, -0.15) is 4.98 Å². The van der Waals surface area contributed by atoms with Gasteiger partial charge in [0.25, 0.3) is 0 Å². The van der Waals surface area contributed by atoms with E-state index in [9.17, 15) is 0 Å². The van der Waals surface area contributed by atoms with E-state index in [0.717, 1.165) is 24.6 Å². The first-order valence-electron chi connectivity index (χ1n) is 6.39. The summed E-state index contributed by atoms with van der Waals surface area (Å²) < 4.78 is 10.5. The number of hydrogen-bond donors (Lipinski definition) is 1. The van der Waals surface area contributed by atoms with E-state index in [1.807, 2.05) is 13.0 Å². The van der Waals surface area contributed by atoms with Crippen molar-refractivity contribution in [2.75, 3.05) is 32.2 Å². The highest BCUT2D eigenvalue weighted by molar-refractivity contribution is 5.38. The second-order valence-electron chi connectivity index (χ2n) is 4.48. The Kier molecular flexibility index (Phi) is 6.43. The second kappa shape index (κ2) is 7.87. The Morgan fingerprint density at radius 3 is 2.67 bits per heavy atom. The lowest BCUT2D eigenvalue weighted by molar-refractivity contribution is 0.143. The lowest BCUT2D eigenvalue weighted by Crippen LogP contribution is -2.10. The molecule has 102 valence electrons. The van der Waals surface area contributed by atoms with Gasteiger partial charge >= 0.3 is 0 Å². The van der Waals surface area contributed by atoms with Crippen LogP contribution in [0, 0.1) is 5.92 Å². The molecule has 18 heavy (non-hydrogen) atoms. The van der Waals surface area contributed by atoms with Crippen LogP contribution in [0.5, 0.6) is 5.88 Å². The minimum Gasteiger partial charge on any atom is -0.475 e. The molecule has 0 aliphatic heterocycles. The van der Waals surface area contributed by atoms with E-state index < -0.39 is 0 Å². The Bertz CT molecular complexity index is 356. The van der Waals surface area contributed by atoms with E-state index in [1.54, 1.807) is 7.11 Å². The maximum Gasteiger partial charge on any atom is 0.218 e. The third-order valence-electron chi connectivity index (χ3n) is 2.24. The van der Waals surface area contributed by atoms with Crippen LogP contribution in [0.25, 0.3) is 0 Å². The molecule has 0 unspecified atom stereocenters. The second-order valence-corrected chi connectivity index (χ2v) is 4.48. The third kappa shape index (κ3) is 5.31. The number of anilines is 1. The van der Waals surface area contributed by atoms with E-state index in [4.69, 9.17) is 9.47 Å². The summed E-state index contributed by atoms with van der Waals surface area (Å²) in [6.07, 6.45) is 0.847. The van der Waals surface area contributed by atoms with Gasteiger partial charge in [0.2, 0.25) is 5.88 Å². The minimum absolute atomic E-state index is 0.500. The minimum atomic E-state index is 0.500. The first-order valence-corrected chi connectivity index (χ1v) is 6.39. The van der Waals surface area contributed by atoms with Crippen molar-refractivity contribution in [3.63, 3.8) is 0 Å². The zero-order valence-electron chi connectivity index (χ0n) is 11.7. The molecule has 0 fully saturated rings. The Hall–Kier alpha value is -1.36. The van der Waals surface area contributed by atoms with Crippen LogP contribution in [0.1, 0.15) is 26.6 Å². The van der Waals surface area contributed by atoms with E-state index in [1.165, 1.54) is 0 Å². The molecule has 0 bridgehead atoms. The molecule has 1 N–H and O–H groups in total. The van der Waals surface area contributed by atoms with Gasteiger partial charge in [0.1, 0.15) is 18.2 Å². The zero-order chi connectivity index (χ0) is 13.4. The topological polar surface area (TPSA) is 56.3 Å². The van der Waals surface area contributed by atoms with Crippen molar-refractivity contribution in [2.24, 2.45) is 5.92 Å². The Balaban J connectivity index is 2.77. The molecule has 0 aliphatic carbocycles. The van der Waals surface area contributed by atoms with E-state index >= 15 is 0 Å². The van der Waals surface area contributed by atoms with Gasteiger partial charge in [0.15, 0.2) is 0 Å². The average molecular weight is 253 g/mol. The molecule has 0 radical (unpaired) electrons. The van der Waals surface area contributed by atoms with Crippen molar-refractivity contribution >= 4 is 5.82 Å². The molecule has 5 heteroatoms. The molecule has 1 heterocycles. The van der Waals surface area contributed by atoms with Gasteiger partial charge in [-0.1, -0.05) is 13.8 Å². The quantitative estimate of drug-likeness (QED) is 0.719. The van der Waals surface area contributed by atoms with Crippen LogP contribution in [0.4, 0.5) is 5.82 Å². The predicted octanol–water partition coefficient (Wildman–Crippen LogP) is 2.13. The van der Waals surface area contributed by atoms with E-state index in [2.05, 4.69) is 29.1 Å².